The highest BCUT2D eigenvalue weighted by atomic mass is 16.5. The first-order valence-electron chi connectivity index (χ1n) is 7.09. The maximum atomic E-state index is 11.8. The van der Waals surface area contributed by atoms with Crippen molar-refractivity contribution >= 4 is 17.7 Å². The lowest BCUT2D eigenvalue weighted by atomic mass is 10.4. The molecule has 3 heterocycles. The zero-order valence-corrected chi connectivity index (χ0v) is 12.5. The highest BCUT2D eigenvalue weighted by molar-refractivity contribution is 6.04. The second-order valence-electron chi connectivity index (χ2n) is 5.17. The maximum absolute atomic E-state index is 11.8. The number of likely N-dealkylation sites (tertiary alicyclic amines) is 1. The normalized spacial score (nSPS) is 14.6. The monoisotopic (exact) mass is 317 g/mol. The molecule has 0 aliphatic carbocycles. The van der Waals surface area contributed by atoms with E-state index in [1.54, 1.807) is 0 Å². The van der Waals surface area contributed by atoms with Gasteiger partial charge < -0.3 is 14.4 Å². The van der Waals surface area contributed by atoms with Gasteiger partial charge in [-0.05, 0) is 12.1 Å². The number of hydrogen-bond donors (Lipinski definition) is 1. The Morgan fingerprint density at radius 3 is 2.74 bits per heavy atom. The van der Waals surface area contributed by atoms with E-state index >= 15 is 0 Å². The lowest BCUT2D eigenvalue weighted by Crippen LogP contribution is -2.39. The summed E-state index contributed by atoms with van der Waals surface area (Å²) in [5, 5.41) is 6.40. The van der Waals surface area contributed by atoms with Crippen LogP contribution in [0.1, 0.15) is 18.7 Å². The molecule has 0 unspecified atom stereocenters. The van der Waals surface area contributed by atoms with E-state index in [4.69, 9.17) is 4.52 Å². The molecule has 0 aromatic carbocycles. The summed E-state index contributed by atoms with van der Waals surface area (Å²) < 4.78 is 6.91. The van der Waals surface area contributed by atoms with Gasteiger partial charge in [0.05, 0.1) is 12.2 Å². The third-order valence-corrected chi connectivity index (χ3v) is 3.53. The van der Waals surface area contributed by atoms with E-state index in [0.29, 0.717) is 5.82 Å². The van der Waals surface area contributed by atoms with Crippen LogP contribution in [0.3, 0.4) is 0 Å². The van der Waals surface area contributed by atoms with Crippen molar-refractivity contribution in [3.05, 3.63) is 24.2 Å². The van der Waals surface area contributed by atoms with E-state index in [-0.39, 0.29) is 43.6 Å². The number of hydrogen-bond acceptors (Lipinski definition) is 6. The summed E-state index contributed by atoms with van der Waals surface area (Å²) in [5.74, 6) is -0.435. The second-order valence-corrected chi connectivity index (χ2v) is 5.17. The first-order chi connectivity index (χ1) is 11.0. The molecule has 0 atom stereocenters. The van der Waals surface area contributed by atoms with Gasteiger partial charge in [0.1, 0.15) is 6.54 Å². The Morgan fingerprint density at radius 1 is 1.35 bits per heavy atom. The fourth-order valence-corrected chi connectivity index (χ4v) is 2.30. The van der Waals surface area contributed by atoms with Crippen LogP contribution in [0.2, 0.25) is 0 Å². The van der Waals surface area contributed by atoms with Gasteiger partial charge in [-0.15, -0.1) is 0 Å². The number of aromatic nitrogens is 3. The van der Waals surface area contributed by atoms with Crippen molar-refractivity contribution in [1.82, 2.24) is 24.9 Å². The molecule has 1 aliphatic heterocycles. The molecule has 1 N–H and O–H groups in total. The average Bonchev–Trinajstić information content (AvgIpc) is 3.22. The highest BCUT2D eigenvalue weighted by Crippen LogP contribution is 2.15. The summed E-state index contributed by atoms with van der Waals surface area (Å²) in [4.78, 5) is 39.8. The Morgan fingerprint density at radius 2 is 2.09 bits per heavy atom. The Balaban J connectivity index is 1.55. The van der Waals surface area contributed by atoms with Crippen LogP contribution in [0.4, 0.5) is 0 Å². The fourth-order valence-electron chi connectivity index (χ4n) is 2.30. The molecule has 3 amide bonds. The summed E-state index contributed by atoms with van der Waals surface area (Å²) in [6, 6.07) is 3.70. The lowest BCUT2D eigenvalue weighted by molar-refractivity contribution is -0.142. The molecule has 0 spiro atoms. The van der Waals surface area contributed by atoms with Gasteiger partial charge in [-0.3, -0.25) is 19.3 Å². The Labute approximate surface area is 131 Å². The lowest BCUT2D eigenvalue weighted by Gasteiger charge is -2.12. The van der Waals surface area contributed by atoms with Crippen molar-refractivity contribution in [3.63, 3.8) is 0 Å². The fraction of sp³-hybridized carbons (Fsp3) is 0.357. The van der Waals surface area contributed by atoms with E-state index < -0.39 is 5.91 Å². The summed E-state index contributed by atoms with van der Waals surface area (Å²) in [6.07, 6.45) is 2.18. The van der Waals surface area contributed by atoms with Crippen molar-refractivity contribution < 1.29 is 18.9 Å². The number of nitrogens with one attached hydrogen (secondary N) is 1. The maximum Gasteiger partial charge on any atom is 0.246 e. The summed E-state index contributed by atoms with van der Waals surface area (Å²) in [7, 11) is 1.86. The zero-order chi connectivity index (χ0) is 16.4. The van der Waals surface area contributed by atoms with Gasteiger partial charge in [0, 0.05) is 26.1 Å². The third-order valence-electron chi connectivity index (χ3n) is 3.53. The molecular formula is C14H15N5O4. The van der Waals surface area contributed by atoms with E-state index in [0.717, 1.165) is 10.6 Å². The van der Waals surface area contributed by atoms with Crippen LogP contribution < -0.4 is 5.32 Å². The number of carbonyl (C=O) groups excluding carboxylic acids is 3. The van der Waals surface area contributed by atoms with Crippen LogP contribution in [-0.2, 0) is 28.0 Å². The van der Waals surface area contributed by atoms with E-state index in [1.807, 2.05) is 29.9 Å². The van der Waals surface area contributed by atoms with Crippen LogP contribution >= 0.6 is 0 Å². The van der Waals surface area contributed by atoms with Gasteiger partial charge in [-0.2, -0.15) is 4.98 Å². The molecule has 9 heteroatoms. The van der Waals surface area contributed by atoms with Crippen molar-refractivity contribution in [2.24, 2.45) is 7.05 Å². The minimum absolute atomic E-state index is 0.0342. The number of amides is 3. The highest BCUT2D eigenvalue weighted by Gasteiger charge is 2.30. The summed E-state index contributed by atoms with van der Waals surface area (Å²) in [6.45, 7) is -0.247. The van der Waals surface area contributed by atoms with Crippen molar-refractivity contribution in [3.8, 4) is 11.5 Å². The first-order valence-corrected chi connectivity index (χ1v) is 7.09. The van der Waals surface area contributed by atoms with Crippen molar-refractivity contribution in [2.45, 2.75) is 19.4 Å². The van der Waals surface area contributed by atoms with Crippen LogP contribution in [-0.4, -0.2) is 43.9 Å². The minimum Gasteiger partial charge on any atom is -0.348 e. The van der Waals surface area contributed by atoms with Gasteiger partial charge in [-0.1, -0.05) is 5.16 Å². The molecule has 1 aliphatic rings. The van der Waals surface area contributed by atoms with Gasteiger partial charge in [0.2, 0.25) is 29.4 Å². The third kappa shape index (κ3) is 3.12. The van der Waals surface area contributed by atoms with Gasteiger partial charge in [-0.25, -0.2) is 0 Å². The van der Waals surface area contributed by atoms with Crippen LogP contribution in [0.25, 0.3) is 11.5 Å². The first kappa shape index (κ1) is 14.9. The molecule has 1 fully saturated rings. The average molecular weight is 317 g/mol. The Hall–Kier alpha value is -2.97. The van der Waals surface area contributed by atoms with Gasteiger partial charge in [0.25, 0.3) is 0 Å². The van der Waals surface area contributed by atoms with Crippen LogP contribution in [0.15, 0.2) is 22.9 Å². The molecule has 23 heavy (non-hydrogen) atoms. The molecule has 0 radical (unpaired) electrons. The predicted octanol–water partition coefficient (Wildman–Crippen LogP) is -0.160. The quantitative estimate of drug-likeness (QED) is 0.767. The van der Waals surface area contributed by atoms with Crippen molar-refractivity contribution in [2.75, 3.05) is 6.54 Å². The van der Waals surface area contributed by atoms with E-state index in [9.17, 15) is 14.4 Å². The molecule has 2 aromatic heterocycles. The van der Waals surface area contributed by atoms with Gasteiger partial charge >= 0.3 is 0 Å². The topological polar surface area (TPSA) is 110 Å². The number of imide groups is 1. The van der Waals surface area contributed by atoms with Crippen molar-refractivity contribution in [1.29, 1.82) is 0 Å². The Kier molecular flexibility index (Phi) is 3.92. The van der Waals surface area contributed by atoms with Gasteiger partial charge in [0.15, 0.2) is 0 Å². The number of aryl methyl sites for hydroxylation is 1. The predicted molar refractivity (Wildman–Crippen MR) is 76.5 cm³/mol. The van der Waals surface area contributed by atoms with E-state index in [1.165, 1.54) is 0 Å². The molecule has 2 aromatic rings. The zero-order valence-electron chi connectivity index (χ0n) is 12.5. The molecular weight excluding hydrogens is 302 g/mol. The number of rotatable bonds is 5. The SMILES string of the molecule is Cn1cccc1-c1noc(CNC(=O)CN2C(=O)CCC2=O)n1. The largest absolute Gasteiger partial charge is 0.348 e. The molecule has 0 bridgehead atoms. The second kappa shape index (κ2) is 6.03. The number of nitrogens with zero attached hydrogens (tertiary/aromatic N) is 4. The number of carbonyl (C=O) groups is 3. The standard InChI is InChI=1S/C14H15N5O4/c1-18-6-2-3-9(18)14-16-11(23-17-14)7-15-10(20)8-19-12(21)4-5-13(19)22/h2-3,6H,4-5,7-8H2,1H3,(H,15,20). The summed E-state index contributed by atoms with van der Waals surface area (Å²) in [5.41, 5.74) is 0.791. The molecule has 0 saturated carbocycles. The minimum atomic E-state index is -0.452. The van der Waals surface area contributed by atoms with Crippen LogP contribution in [0, 0.1) is 0 Å². The molecule has 9 nitrogen and oxygen atoms in total. The summed E-state index contributed by atoms with van der Waals surface area (Å²) >= 11 is 0. The molecule has 120 valence electrons. The van der Waals surface area contributed by atoms with Crippen LogP contribution in [0.5, 0.6) is 0 Å². The Bertz CT molecular complexity index is 747. The molecule has 1 saturated heterocycles. The van der Waals surface area contributed by atoms with E-state index in [2.05, 4.69) is 15.5 Å². The molecule has 3 rings (SSSR count). The smallest absolute Gasteiger partial charge is 0.246 e.